The molecule has 1 saturated carbocycles. The molecule has 2 fully saturated rings. The maximum atomic E-state index is 12.3. The highest BCUT2D eigenvalue weighted by atomic mass is 16.3. The number of carbonyl (C=O) groups is 1. The number of amides is 1. The number of hydrogen-bond acceptors (Lipinski definition) is 3. The van der Waals surface area contributed by atoms with Gasteiger partial charge in [-0.1, -0.05) is 27.2 Å². The first kappa shape index (κ1) is 18.7. The third-order valence-electron chi connectivity index (χ3n) is 6.52. The highest BCUT2D eigenvalue weighted by Crippen LogP contribution is 2.40. The van der Waals surface area contributed by atoms with E-state index in [9.17, 15) is 9.90 Å². The van der Waals surface area contributed by atoms with Gasteiger partial charge in [-0.2, -0.15) is 0 Å². The van der Waals surface area contributed by atoms with Crippen molar-refractivity contribution in [3.63, 3.8) is 0 Å². The summed E-state index contributed by atoms with van der Waals surface area (Å²) >= 11 is 0. The summed E-state index contributed by atoms with van der Waals surface area (Å²) in [6.45, 7) is 8.76. The second kappa shape index (κ2) is 7.52. The van der Waals surface area contributed by atoms with Crippen molar-refractivity contribution in [3.8, 4) is 0 Å². The Kier molecular flexibility index (Phi) is 6.12. The van der Waals surface area contributed by atoms with Gasteiger partial charge in [-0.15, -0.1) is 0 Å². The van der Waals surface area contributed by atoms with Crippen LogP contribution in [0.5, 0.6) is 0 Å². The number of likely N-dealkylation sites (tertiary alicyclic amines) is 1. The van der Waals surface area contributed by atoms with Crippen molar-refractivity contribution in [1.82, 2.24) is 10.2 Å². The van der Waals surface area contributed by atoms with Crippen LogP contribution in [-0.4, -0.2) is 47.7 Å². The van der Waals surface area contributed by atoms with Crippen LogP contribution in [-0.2, 0) is 4.79 Å². The normalized spacial score (nSPS) is 29.3. The lowest BCUT2D eigenvalue weighted by Gasteiger charge is -2.39. The van der Waals surface area contributed by atoms with Gasteiger partial charge in [0.15, 0.2) is 0 Å². The van der Waals surface area contributed by atoms with E-state index >= 15 is 0 Å². The average molecular weight is 325 g/mol. The molecule has 0 spiro atoms. The third-order valence-corrected chi connectivity index (χ3v) is 6.52. The zero-order valence-corrected chi connectivity index (χ0v) is 15.5. The molecule has 0 aromatic carbocycles. The molecule has 4 nitrogen and oxygen atoms in total. The summed E-state index contributed by atoms with van der Waals surface area (Å²) in [5.74, 6) is 0.814. The summed E-state index contributed by atoms with van der Waals surface area (Å²) in [6, 6.07) is 0.307. The van der Waals surface area contributed by atoms with Crippen molar-refractivity contribution >= 4 is 5.91 Å². The number of hydrogen-bond donors (Lipinski definition) is 2. The van der Waals surface area contributed by atoms with Crippen LogP contribution in [0.15, 0.2) is 0 Å². The summed E-state index contributed by atoms with van der Waals surface area (Å²) in [4.78, 5) is 14.5. The highest BCUT2D eigenvalue weighted by molar-refractivity contribution is 5.77. The Morgan fingerprint density at radius 1 is 1.22 bits per heavy atom. The second-order valence-electron chi connectivity index (χ2n) is 8.66. The molecule has 0 atom stereocenters. The number of carbonyl (C=O) groups excluding carboxylic acids is 1. The third kappa shape index (κ3) is 5.18. The van der Waals surface area contributed by atoms with E-state index in [1.54, 1.807) is 0 Å². The fourth-order valence-electron chi connectivity index (χ4n) is 4.10. The van der Waals surface area contributed by atoms with E-state index in [1.807, 2.05) is 0 Å². The minimum Gasteiger partial charge on any atom is -0.389 e. The van der Waals surface area contributed by atoms with Gasteiger partial charge in [0, 0.05) is 19.1 Å². The van der Waals surface area contributed by atoms with Crippen molar-refractivity contribution in [3.05, 3.63) is 0 Å². The molecule has 0 aromatic rings. The lowest BCUT2D eigenvalue weighted by atomic mass is 9.69. The van der Waals surface area contributed by atoms with Gasteiger partial charge in [0.05, 0.1) is 12.0 Å². The summed E-state index contributed by atoms with van der Waals surface area (Å²) in [7, 11) is 2.07. The maximum Gasteiger partial charge on any atom is 0.223 e. The summed E-state index contributed by atoms with van der Waals surface area (Å²) in [5.41, 5.74) is -0.379. The van der Waals surface area contributed by atoms with Gasteiger partial charge in [0.1, 0.15) is 0 Å². The molecule has 1 saturated heterocycles. The van der Waals surface area contributed by atoms with Crippen LogP contribution < -0.4 is 5.32 Å². The zero-order chi connectivity index (χ0) is 17.1. The Morgan fingerprint density at radius 3 is 2.30 bits per heavy atom. The van der Waals surface area contributed by atoms with Crippen LogP contribution >= 0.6 is 0 Å². The van der Waals surface area contributed by atoms with Crippen LogP contribution in [0.25, 0.3) is 0 Å². The van der Waals surface area contributed by atoms with Crippen LogP contribution in [0, 0.1) is 11.3 Å². The smallest absolute Gasteiger partial charge is 0.223 e. The Balaban J connectivity index is 1.75. The molecule has 0 radical (unpaired) electrons. The lowest BCUT2D eigenvalue weighted by Crippen LogP contribution is -2.47. The molecule has 1 amide bonds. The lowest BCUT2D eigenvalue weighted by molar-refractivity contribution is -0.129. The Labute approximate surface area is 142 Å². The molecule has 23 heavy (non-hydrogen) atoms. The predicted octanol–water partition coefficient (Wildman–Crippen LogP) is 2.94. The Hall–Kier alpha value is -0.610. The molecule has 1 aliphatic carbocycles. The number of piperidine rings is 1. The van der Waals surface area contributed by atoms with Gasteiger partial charge < -0.3 is 15.3 Å². The van der Waals surface area contributed by atoms with E-state index in [1.165, 1.54) is 19.3 Å². The van der Waals surface area contributed by atoms with Crippen molar-refractivity contribution < 1.29 is 9.90 Å². The van der Waals surface area contributed by atoms with E-state index in [2.05, 4.69) is 38.0 Å². The van der Waals surface area contributed by atoms with Crippen molar-refractivity contribution in [2.45, 2.75) is 83.8 Å². The van der Waals surface area contributed by atoms with E-state index < -0.39 is 5.60 Å². The Morgan fingerprint density at radius 2 is 1.78 bits per heavy atom. The van der Waals surface area contributed by atoms with Crippen LogP contribution in [0.1, 0.15) is 72.1 Å². The van der Waals surface area contributed by atoms with Gasteiger partial charge in [-0.05, 0) is 56.9 Å². The second-order valence-corrected chi connectivity index (χ2v) is 8.66. The molecule has 0 bridgehead atoms. The largest absolute Gasteiger partial charge is 0.389 e. The van der Waals surface area contributed by atoms with E-state index in [-0.39, 0.29) is 12.3 Å². The van der Waals surface area contributed by atoms with Crippen LogP contribution in [0.4, 0.5) is 0 Å². The summed E-state index contributed by atoms with van der Waals surface area (Å²) < 4.78 is 0. The standard InChI is InChI=1S/C19H36N2O2/c1-5-18(2,3)15-6-8-16(9-7-15)20-17(22)14-19(23)10-12-21(4)13-11-19/h15-16,23H,5-14H2,1-4H3,(H,20,22). The van der Waals surface area contributed by atoms with Crippen molar-refractivity contribution in [2.24, 2.45) is 11.3 Å². The molecule has 134 valence electrons. The molecular formula is C19H36N2O2. The van der Waals surface area contributed by atoms with Crippen molar-refractivity contribution in [1.29, 1.82) is 0 Å². The average Bonchev–Trinajstić information content (AvgIpc) is 2.51. The van der Waals surface area contributed by atoms with E-state index in [0.29, 0.717) is 24.3 Å². The molecule has 4 heteroatoms. The van der Waals surface area contributed by atoms with Crippen LogP contribution in [0.2, 0.25) is 0 Å². The maximum absolute atomic E-state index is 12.3. The van der Waals surface area contributed by atoms with Crippen LogP contribution in [0.3, 0.4) is 0 Å². The monoisotopic (exact) mass is 324 g/mol. The number of aliphatic hydroxyl groups is 1. The number of rotatable bonds is 5. The molecule has 0 unspecified atom stereocenters. The van der Waals surface area contributed by atoms with Gasteiger partial charge in [-0.3, -0.25) is 4.79 Å². The van der Waals surface area contributed by atoms with Gasteiger partial charge in [0.2, 0.25) is 5.91 Å². The summed E-state index contributed by atoms with van der Waals surface area (Å²) in [5, 5.41) is 13.8. The SMILES string of the molecule is CCC(C)(C)C1CCC(NC(=O)CC2(O)CCN(C)CC2)CC1. The molecule has 0 aromatic heterocycles. The molecule has 2 rings (SSSR count). The molecule has 2 N–H and O–H groups in total. The summed E-state index contributed by atoms with van der Waals surface area (Å²) in [6.07, 6.45) is 7.48. The highest BCUT2D eigenvalue weighted by Gasteiger charge is 2.35. The quantitative estimate of drug-likeness (QED) is 0.817. The Bertz CT molecular complexity index is 392. The van der Waals surface area contributed by atoms with E-state index in [4.69, 9.17) is 0 Å². The minimum absolute atomic E-state index is 0.0373. The molecule has 1 heterocycles. The topological polar surface area (TPSA) is 52.6 Å². The fraction of sp³-hybridized carbons (Fsp3) is 0.947. The van der Waals surface area contributed by atoms with Gasteiger partial charge >= 0.3 is 0 Å². The first-order chi connectivity index (χ1) is 10.7. The van der Waals surface area contributed by atoms with E-state index in [0.717, 1.165) is 31.8 Å². The fourth-order valence-corrected chi connectivity index (χ4v) is 4.10. The molecule has 2 aliphatic rings. The van der Waals surface area contributed by atoms with Gasteiger partial charge in [0.25, 0.3) is 0 Å². The van der Waals surface area contributed by atoms with Crippen molar-refractivity contribution in [2.75, 3.05) is 20.1 Å². The van der Waals surface area contributed by atoms with Gasteiger partial charge in [-0.25, -0.2) is 0 Å². The number of nitrogens with zero attached hydrogens (tertiary/aromatic N) is 1. The number of nitrogens with one attached hydrogen (secondary N) is 1. The predicted molar refractivity (Wildman–Crippen MR) is 94.3 cm³/mol. The molecule has 1 aliphatic heterocycles. The zero-order valence-electron chi connectivity index (χ0n) is 15.5. The minimum atomic E-state index is -0.794. The first-order valence-electron chi connectivity index (χ1n) is 9.44. The first-order valence-corrected chi connectivity index (χ1v) is 9.44. The molecular weight excluding hydrogens is 288 g/mol.